The fourth-order valence-corrected chi connectivity index (χ4v) is 2.85. The zero-order valence-corrected chi connectivity index (χ0v) is 13.9. The molecule has 126 valence electrons. The second kappa shape index (κ2) is 7.81. The van der Waals surface area contributed by atoms with Crippen molar-refractivity contribution in [3.63, 3.8) is 0 Å². The largest absolute Gasteiger partial charge is 0.492 e. The van der Waals surface area contributed by atoms with Crippen molar-refractivity contribution in [1.29, 1.82) is 0 Å². The van der Waals surface area contributed by atoms with Gasteiger partial charge in [-0.1, -0.05) is 12.1 Å². The van der Waals surface area contributed by atoms with Gasteiger partial charge in [0.2, 0.25) is 5.91 Å². The molecular weight excluding hydrogens is 302 g/mol. The van der Waals surface area contributed by atoms with E-state index in [0.717, 1.165) is 30.1 Å². The van der Waals surface area contributed by atoms with Crippen molar-refractivity contribution in [2.75, 3.05) is 23.4 Å². The first-order valence-electron chi connectivity index (χ1n) is 8.43. The average Bonchev–Trinajstić information content (AvgIpc) is 2.77. The van der Waals surface area contributed by atoms with Crippen LogP contribution in [-0.2, 0) is 4.79 Å². The number of nitrogens with one attached hydrogen (secondary N) is 1. The van der Waals surface area contributed by atoms with Crippen LogP contribution in [0.3, 0.4) is 0 Å². The van der Waals surface area contributed by atoms with Gasteiger partial charge < -0.3 is 15.0 Å². The number of fused-ring (bicyclic) bond motifs is 1. The molecule has 2 heterocycles. The summed E-state index contributed by atoms with van der Waals surface area (Å²) >= 11 is 0. The van der Waals surface area contributed by atoms with Crippen molar-refractivity contribution in [2.45, 2.75) is 32.2 Å². The Kier molecular flexibility index (Phi) is 5.31. The summed E-state index contributed by atoms with van der Waals surface area (Å²) in [5, 5.41) is 3.47. The molecule has 0 radical (unpaired) electrons. The minimum atomic E-state index is 0.146. The predicted molar refractivity (Wildman–Crippen MR) is 95.5 cm³/mol. The molecule has 1 amide bonds. The highest BCUT2D eigenvalue weighted by Gasteiger charge is 2.22. The van der Waals surface area contributed by atoms with Crippen LogP contribution < -0.4 is 15.0 Å². The lowest BCUT2D eigenvalue weighted by atomic mass is 10.2. The number of para-hydroxylation sites is 2. The van der Waals surface area contributed by atoms with E-state index >= 15 is 0 Å². The van der Waals surface area contributed by atoms with Crippen molar-refractivity contribution >= 4 is 17.3 Å². The first-order chi connectivity index (χ1) is 11.7. The van der Waals surface area contributed by atoms with Crippen LogP contribution in [0.1, 0.15) is 26.2 Å². The molecule has 0 unspecified atom stereocenters. The zero-order chi connectivity index (χ0) is 16.8. The van der Waals surface area contributed by atoms with E-state index in [-0.39, 0.29) is 5.91 Å². The minimum absolute atomic E-state index is 0.146. The molecule has 0 saturated carbocycles. The molecule has 1 aromatic carbocycles. The second-order valence-electron chi connectivity index (χ2n) is 6.04. The van der Waals surface area contributed by atoms with E-state index in [1.165, 1.54) is 0 Å². The van der Waals surface area contributed by atoms with Gasteiger partial charge in [0, 0.05) is 25.2 Å². The van der Waals surface area contributed by atoms with Gasteiger partial charge >= 0.3 is 0 Å². The van der Waals surface area contributed by atoms with Crippen LogP contribution in [0.15, 0.2) is 48.8 Å². The highest BCUT2D eigenvalue weighted by atomic mass is 16.5. The average molecular weight is 325 g/mol. The molecular formula is C19H23N3O2. The standard InChI is InChI=1S/C19H23N3O2/c1-15-10-12-22(18-8-3-2-7-17(18)21-15)19(23)9-5-13-24-16-6-4-11-20-14-16/h2-4,6-8,11,14-15,21H,5,9-10,12-13H2,1H3/t15-/m0/s1. The maximum atomic E-state index is 12.7. The Balaban J connectivity index is 1.56. The zero-order valence-electron chi connectivity index (χ0n) is 13.9. The van der Waals surface area contributed by atoms with Crippen molar-refractivity contribution in [1.82, 2.24) is 4.98 Å². The number of amides is 1. The Labute approximate surface area is 142 Å². The Hall–Kier alpha value is -2.56. The first kappa shape index (κ1) is 16.3. The van der Waals surface area contributed by atoms with Gasteiger partial charge in [0.15, 0.2) is 0 Å². The molecule has 5 nitrogen and oxygen atoms in total. The number of nitrogens with zero attached hydrogens (tertiary/aromatic N) is 2. The molecule has 1 aromatic heterocycles. The van der Waals surface area contributed by atoms with E-state index in [1.54, 1.807) is 12.4 Å². The topological polar surface area (TPSA) is 54.5 Å². The molecule has 0 saturated heterocycles. The molecule has 24 heavy (non-hydrogen) atoms. The summed E-state index contributed by atoms with van der Waals surface area (Å²) in [5.41, 5.74) is 2.00. The van der Waals surface area contributed by atoms with Crippen LogP contribution in [0.4, 0.5) is 11.4 Å². The fraction of sp³-hybridized carbons (Fsp3) is 0.368. The highest BCUT2D eigenvalue weighted by molar-refractivity contribution is 5.97. The number of anilines is 2. The number of benzene rings is 1. The summed E-state index contributed by atoms with van der Waals surface area (Å²) in [6.45, 7) is 3.40. The third kappa shape index (κ3) is 4.04. The fourth-order valence-electron chi connectivity index (χ4n) is 2.85. The molecule has 3 rings (SSSR count). The number of ether oxygens (including phenoxy) is 1. The summed E-state index contributed by atoms with van der Waals surface area (Å²) < 4.78 is 5.61. The predicted octanol–water partition coefficient (Wildman–Crippen LogP) is 3.48. The van der Waals surface area contributed by atoms with Gasteiger partial charge in [0.05, 0.1) is 24.2 Å². The van der Waals surface area contributed by atoms with E-state index in [1.807, 2.05) is 41.3 Å². The molecule has 1 aliphatic heterocycles. The lowest BCUT2D eigenvalue weighted by Gasteiger charge is -2.22. The normalized spacial score (nSPS) is 16.7. The molecule has 0 spiro atoms. The van der Waals surface area contributed by atoms with E-state index in [9.17, 15) is 4.79 Å². The van der Waals surface area contributed by atoms with E-state index in [0.29, 0.717) is 25.5 Å². The van der Waals surface area contributed by atoms with Crippen molar-refractivity contribution in [2.24, 2.45) is 0 Å². The van der Waals surface area contributed by atoms with Crippen LogP contribution in [0, 0.1) is 0 Å². The molecule has 0 aliphatic carbocycles. The Morgan fingerprint density at radius 2 is 2.21 bits per heavy atom. The maximum absolute atomic E-state index is 12.7. The number of carbonyl (C=O) groups excluding carboxylic acids is 1. The molecule has 0 fully saturated rings. The Bertz CT molecular complexity index is 675. The number of carbonyl (C=O) groups is 1. The van der Waals surface area contributed by atoms with Crippen LogP contribution in [0.25, 0.3) is 0 Å². The number of aromatic nitrogens is 1. The first-order valence-corrected chi connectivity index (χ1v) is 8.43. The van der Waals surface area contributed by atoms with E-state index in [4.69, 9.17) is 4.74 Å². The summed E-state index contributed by atoms with van der Waals surface area (Å²) in [6, 6.07) is 12.1. The molecule has 1 N–H and O–H groups in total. The lowest BCUT2D eigenvalue weighted by molar-refractivity contribution is -0.118. The summed E-state index contributed by atoms with van der Waals surface area (Å²) in [6.07, 6.45) is 5.49. The van der Waals surface area contributed by atoms with Crippen LogP contribution >= 0.6 is 0 Å². The molecule has 1 atom stereocenters. The van der Waals surface area contributed by atoms with Crippen LogP contribution in [0.2, 0.25) is 0 Å². The van der Waals surface area contributed by atoms with Gasteiger partial charge in [-0.15, -0.1) is 0 Å². The molecule has 2 aromatic rings. The van der Waals surface area contributed by atoms with Crippen molar-refractivity contribution < 1.29 is 9.53 Å². The highest BCUT2D eigenvalue weighted by Crippen LogP contribution is 2.30. The second-order valence-corrected chi connectivity index (χ2v) is 6.04. The van der Waals surface area contributed by atoms with E-state index < -0.39 is 0 Å². The monoisotopic (exact) mass is 325 g/mol. The van der Waals surface area contributed by atoms with Crippen molar-refractivity contribution in [3.8, 4) is 5.75 Å². The summed E-state index contributed by atoms with van der Waals surface area (Å²) in [4.78, 5) is 18.6. The third-order valence-electron chi connectivity index (χ3n) is 4.12. The van der Waals surface area contributed by atoms with Gasteiger partial charge in [0.25, 0.3) is 0 Å². The summed E-state index contributed by atoms with van der Waals surface area (Å²) in [5.74, 6) is 0.885. The van der Waals surface area contributed by atoms with Gasteiger partial charge in [-0.2, -0.15) is 0 Å². The quantitative estimate of drug-likeness (QED) is 0.855. The number of rotatable bonds is 5. The molecule has 5 heteroatoms. The smallest absolute Gasteiger partial charge is 0.227 e. The van der Waals surface area contributed by atoms with Gasteiger partial charge in [-0.3, -0.25) is 9.78 Å². The minimum Gasteiger partial charge on any atom is -0.492 e. The number of hydrogen-bond donors (Lipinski definition) is 1. The van der Waals surface area contributed by atoms with Gasteiger partial charge in [-0.05, 0) is 44.0 Å². The number of hydrogen-bond acceptors (Lipinski definition) is 4. The van der Waals surface area contributed by atoms with E-state index in [2.05, 4.69) is 17.2 Å². The maximum Gasteiger partial charge on any atom is 0.227 e. The summed E-state index contributed by atoms with van der Waals surface area (Å²) in [7, 11) is 0. The van der Waals surface area contributed by atoms with Crippen LogP contribution in [0.5, 0.6) is 5.75 Å². The Morgan fingerprint density at radius 1 is 1.33 bits per heavy atom. The number of pyridine rings is 1. The third-order valence-corrected chi connectivity index (χ3v) is 4.12. The molecule has 0 bridgehead atoms. The van der Waals surface area contributed by atoms with Crippen LogP contribution in [-0.4, -0.2) is 30.1 Å². The van der Waals surface area contributed by atoms with Gasteiger partial charge in [0.1, 0.15) is 5.75 Å². The molecule has 1 aliphatic rings. The van der Waals surface area contributed by atoms with Gasteiger partial charge in [-0.25, -0.2) is 0 Å². The SMILES string of the molecule is C[C@H]1CCN(C(=O)CCCOc2cccnc2)c2ccccc2N1. The van der Waals surface area contributed by atoms with Crippen molar-refractivity contribution in [3.05, 3.63) is 48.8 Å². The Morgan fingerprint density at radius 3 is 3.04 bits per heavy atom. The lowest BCUT2D eigenvalue weighted by Crippen LogP contribution is -2.32.